The van der Waals surface area contributed by atoms with Gasteiger partial charge in [0, 0.05) is 8.54 Å². The normalized spacial score (nSPS) is 27.5. The van der Waals surface area contributed by atoms with Crippen molar-refractivity contribution in [3.8, 4) is 0 Å². The summed E-state index contributed by atoms with van der Waals surface area (Å²) < 4.78 is 4.97. The number of ether oxygens (including phenoxy) is 1. The maximum absolute atomic E-state index is 12.8. The number of aliphatic hydroxyl groups is 2. The molecule has 1 unspecified atom stereocenters. The monoisotopic (exact) mass is 786 g/mol. The Balaban J connectivity index is -0.000000403. The quantitative estimate of drug-likeness (QED) is 0.139. The van der Waals surface area contributed by atoms with Gasteiger partial charge in [-0.1, -0.05) is 29.7 Å². The highest BCUT2D eigenvalue weighted by Crippen LogP contribution is 2.00. The number of methoxy groups -OCH3 is 1. The number of aliphatic hydroxyl groups excluding tert-OH is 2. The topological polar surface area (TPSA) is 282 Å². The van der Waals surface area contributed by atoms with Gasteiger partial charge in [0.05, 0.1) is 12.7 Å². The van der Waals surface area contributed by atoms with Crippen molar-refractivity contribution < 1.29 is 59.4 Å². The Morgan fingerprint density at radius 1 is 0.549 bits per heavy atom. The van der Waals surface area contributed by atoms with Crippen LogP contribution in [0.25, 0.3) is 0 Å². The fourth-order valence-electron chi connectivity index (χ4n) is 3.57. The molecule has 19 nitrogen and oxygen atoms in total. The Morgan fingerprint density at radius 3 is 1.20 bits per heavy atom. The number of amides is 8. The molecule has 306 valence electrons. The lowest BCUT2D eigenvalue weighted by molar-refractivity contribution is -0.142. The van der Waals surface area contributed by atoms with Gasteiger partial charge in [-0.25, -0.2) is 0 Å². The van der Waals surface area contributed by atoms with E-state index in [0.29, 0.717) is 0 Å². The van der Waals surface area contributed by atoms with Crippen LogP contribution in [0.5, 0.6) is 0 Å². The predicted molar refractivity (Wildman–Crippen MR) is 202 cm³/mol. The summed E-state index contributed by atoms with van der Waals surface area (Å²) in [6, 6.07) is -9.45. The lowest BCUT2D eigenvalue weighted by Gasteiger charge is -2.26. The first-order valence-electron chi connectivity index (χ1n) is 13.7. The predicted octanol–water partition coefficient (Wildman–Crippen LogP) is -2.88. The van der Waals surface area contributed by atoms with E-state index in [1.807, 2.05) is 0 Å². The van der Waals surface area contributed by atoms with Crippen molar-refractivity contribution in [2.45, 2.75) is 126 Å². The summed E-state index contributed by atoms with van der Waals surface area (Å²) in [5.41, 5.74) is 0. The Kier molecular flexibility index (Phi) is 35.4. The molecule has 0 saturated carbocycles. The van der Waals surface area contributed by atoms with E-state index >= 15 is 0 Å². The number of carbonyl (C=O) groups excluding carboxylic acids is 8. The lowest BCUT2D eigenvalue weighted by atomic mass is 10.1. The first-order chi connectivity index (χ1) is 20.4. The van der Waals surface area contributed by atoms with E-state index in [9.17, 15) is 48.6 Å². The number of halogens is 1. The highest BCUT2D eigenvalue weighted by atomic mass is 32.1. The Morgan fingerprint density at radius 2 is 0.843 bits per heavy atom. The molecule has 0 aromatic carbocycles. The van der Waals surface area contributed by atoms with E-state index in [2.05, 4.69) is 42.5 Å². The molecule has 1 heterocycles. The maximum atomic E-state index is 12.8. The minimum Gasteiger partial charge on any atom is -0.394 e. The second-order valence-corrected chi connectivity index (χ2v) is 10.2. The van der Waals surface area contributed by atoms with Crippen LogP contribution in [0.4, 0.5) is 4.70 Å². The van der Waals surface area contributed by atoms with Crippen molar-refractivity contribution in [1.82, 2.24) is 42.5 Å². The minimum absolute atomic E-state index is 0. The van der Waals surface area contributed by atoms with Gasteiger partial charge in [-0.05, 0) is 41.5 Å². The van der Waals surface area contributed by atoms with Crippen molar-refractivity contribution in [2.24, 2.45) is 0 Å². The van der Waals surface area contributed by atoms with Crippen molar-refractivity contribution in [3.05, 3.63) is 0 Å². The van der Waals surface area contributed by atoms with Crippen molar-refractivity contribution in [1.29, 1.82) is 0 Å². The van der Waals surface area contributed by atoms with E-state index < -0.39 is 108 Å². The van der Waals surface area contributed by atoms with Gasteiger partial charge in [0.25, 0.3) is 5.91 Å². The van der Waals surface area contributed by atoms with Gasteiger partial charge in [0.1, 0.15) is 42.3 Å². The fourth-order valence-corrected chi connectivity index (χ4v) is 3.57. The van der Waals surface area contributed by atoms with E-state index in [0.717, 1.165) is 7.11 Å². The number of carbonyl (C=O) groups is 8. The van der Waals surface area contributed by atoms with E-state index in [-0.39, 0.29) is 62.8 Å². The van der Waals surface area contributed by atoms with Crippen LogP contribution in [0.15, 0.2) is 0 Å². The van der Waals surface area contributed by atoms with Gasteiger partial charge in [-0.15, -0.1) is 0 Å². The molecule has 1 saturated heterocycles. The molecule has 0 bridgehead atoms. The molecule has 0 spiro atoms. The summed E-state index contributed by atoms with van der Waals surface area (Å²) in [6.07, 6.45) is -3.06. The zero-order chi connectivity index (χ0) is 33.9. The first kappa shape index (κ1) is 62.4. The van der Waals surface area contributed by atoms with Crippen molar-refractivity contribution in [2.75, 3.05) is 13.7 Å². The van der Waals surface area contributed by atoms with Crippen LogP contribution >= 0.6 is 27.0 Å². The number of rotatable bonds is 3. The molecule has 22 heteroatoms. The zero-order valence-electron chi connectivity index (χ0n) is 26.9. The summed E-state index contributed by atoms with van der Waals surface area (Å²) in [5.74, 6) is -7.23. The van der Waals surface area contributed by atoms with Crippen LogP contribution in [0.3, 0.4) is 0 Å². The molecule has 51 heavy (non-hydrogen) atoms. The summed E-state index contributed by atoms with van der Waals surface area (Å²) in [4.78, 5) is 101. The second kappa shape index (κ2) is 28.9. The Bertz CT molecular complexity index is 1150. The standard InChI is InChI=1S/C25H42N8O11.4CH4.FH.2H2S.H2/c1-9-17(36)27-13(5)21(40)33-25(44-7)24(43)30-11(3)19(38)31-15(8-34)22(41)28-12(4)20(39)32-16(14(6)35)23(42)29-10(2)18(37)26-9;;;;;;;;/h9-16,25,34-35H,8H2,1-7H3,(H,26,37)(H,27,36)(H,28,41)(H,29,42)(H,30,43)(H,31,38)(H,32,39)(H,33,40);4*1H4;1H;2*1H2;1H/t9-,10+,11-,12+,13+,14?,15-,16-,25-;;;;;;;;/m0......../s1/i;;;;;;;;1+2. The third-order valence-corrected chi connectivity index (χ3v) is 6.39. The molecule has 0 aromatic rings. The van der Waals surface area contributed by atoms with E-state index in [1.165, 1.54) is 41.5 Å². The van der Waals surface area contributed by atoms with Crippen molar-refractivity contribution in [3.63, 3.8) is 0 Å². The smallest absolute Gasteiger partial charge is 0.270 e. The highest BCUT2D eigenvalue weighted by molar-refractivity contribution is 7.59. The van der Waals surface area contributed by atoms with Gasteiger partial charge >= 0.3 is 0 Å². The van der Waals surface area contributed by atoms with Crippen molar-refractivity contribution >= 4 is 74.2 Å². The first-order valence-corrected chi connectivity index (χ1v) is 13.7. The maximum Gasteiger partial charge on any atom is 0.270 e. The molecule has 8 amide bonds. The largest absolute Gasteiger partial charge is 0.394 e. The molecule has 0 aliphatic carbocycles. The highest BCUT2D eigenvalue weighted by Gasteiger charge is 2.33. The summed E-state index contributed by atoms with van der Waals surface area (Å²) in [5, 5.41) is 38.0. The number of nitrogens with one attached hydrogen (secondary N) is 8. The molecular formula is C29H65FN8O11S2. The third-order valence-electron chi connectivity index (χ3n) is 6.39. The Hall–Kier alpha value is -3.73. The van der Waals surface area contributed by atoms with Gasteiger partial charge in [0.2, 0.25) is 47.6 Å². The van der Waals surface area contributed by atoms with Crippen LogP contribution in [0.2, 0.25) is 0 Å². The van der Waals surface area contributed by atoms with Gasteiger partial charge in [0.15, 0.2) is 0 Å². The van der Waals surface area contributed by atoms with Crippen LogP contribution in [0.1, 0.15) is 72.7 Å². The second-order valence-electron chi connectivity index (χ2n) is 10.2. The van der Waals surface area contributed by atoms with E-state index in [4.69, 9.17) is 4.74 Å². The van der Waals surface area contributed by atoms with Crippen LogP contribution in [-0.2, 0) is 43.1 Å². The molecule has 1 fully saturated rings. The number of hydrogen-bond acceptors (Lipinski definition) is 11. The molecule has 10 N–H and O–H groups in total. The SMILES string of the molecule is C.C.C.C.CO[C@@H]1NC(=O)[C@@H](C)NC(=O)[C@H](C)NC(=O)[C@@H](C)NC(=O)[C@H](C(C)O)NC(=O)[C@@H](C)NC(=O)[C@H](CO)NC(=O)[C@H](C)NC1=O.F.S.S.[3HH]. The molecular weight excluding hydrogens is 719 g/mol. The molecule has 9 atom stereocenters. The summed E-state index contributed by atoms with van der Waals surface area (Å²) in [7, 11) is 1.10. The molecule has 0 radical (unpaired) electrons. The molecule has 1 aliphatic rings. The molecule has 1 rings (SSSR count). The minimum atomic E-state index is -1.61. The van der Waals surface area contributed by atoms with Crippen LogP contribution in [0, 0.1) is 0 Å². The average molecular weight is 787 g/mol. The van der Waals surface area contributed by atoms with Gasteiger partial charge < -0.3 is 57.5 Å². The number of hydrogen-bond donors (Lipinski definition) is 10. The molecule has 0 aromatic heterocycles. The summed E-state index contributed by atoms with van der Waals surface area (Å²) in [6.45, 7) is 6.66. The third kappa shape index (κ3) is 19.5. The van der Waals surface area contributed by atoms with Crippen LogP contribution < -0.4 is 42.5 Å². The van der Waals surface area contributed by atoms with Gasteiger partial charge in [-0.3, -0.25) is 43.1 Å². The average Bonchev–Trinajstić information content (AvgIpc) is 2.95. The van der Waals surface area contributed by atoms with Crippen LogP contribution in [-0.4, -0.2) is 126 Å². The summed E-state index contributed by atoms with van der Waals surface area (Å²) >= 11 is 0. The lowest BCUT2D eigenvalue weighted by Crippen LogP contribution is -2.61. The molecule has 1 aliphatic heterocycles. The van der Waals surface area contributed by atoms with E-state index in [1.54, 1.807) is 0 Å². The Labute approximate surface area is 315 Å². The van der Waals surface area contributed by atoms with Gasteiger partial charge in [-0.2, -0.15) is 27.0 Å². The zero-order valence-corrected chi connectivity index (χ0v) is 28.9. The fraction of sp³-hybridized carbons (Fsp3) is 0.724.